The molecule has 2 aliphatic rings. The molecule has 0 radical (unpaired) electrons. The number of carbonyl (C=O) groups is 1. The van der Waals surface area contributed by atoms with Crippen LogP contribution in [-0.4, -0.2) is 47.2 Å². The van der Waals surface area contributed by atoms with Gasteiger partial charge in [-0.05, 0) is 23.6 Å². The van der Waals surface area contributed by atoms with Gasteiger partial charge >= 0.3 is 0 Å². The molecule has 0 aromatic heterocycles. The van der Waals surface area contributed by atoms with Crippen molar-refractivity contribution in [2.75, 3.05) is 11.5 Å². The van der Waals surface area contributed by atoms with Gasteiger partial charge in [-0.25, -0.2) is 8.42 Å². The summed E-state index contributed by atoms with van der Waals surface area (Å²) in [6.45, 7) is 0.439. The van der Waals surface area contributed by atoms with E-state index in [1.54, 1.807) is 0 Å². The van der Waals surface area contributed by atoms with Crippen LogP contribution in [0.15, 0.2) is 59.6 Å². The van der Waals surface area contributed by atoms with Crippen LogP contribution < -0.4 is 0 Å². The molecule has 152 valence electrons. The standard InChI is InChI=1S/C21H21ClN2O3S2/c22-17-9-5-4-8-16(17)12-24-18-13-29(26,27)14-19(18)28-21(24)23-20(25)11-10-15-6-2-1-3-7-15/h1-9,18-19H,10-14H2/t18-,19+/m0/s1. The van der Waals surface area contributed by atoms with Gasteiger partial charge in [0.2, 0.25) is 5.91 Å². The number of benzene rings is 2. The Hall–Kier alpha value is -1.83. The van der Waals surface area contributed by atoms with Crippen LogP contribution in [0.2, 0.25) is 5.02 Å². The maximum absolute atomic E-state index is 12.5. The Morgan fingerprint density at radius 2 is 1.83 bits per heavy atom. The molecule has 1 amide bonds. The average Bonchev–Trinajstić information content (AvgIpc) is 3.14. The molecule has 0 bridgehead atoms. The Balaban J connectivity index is 1.53. The third-order valence-corrected chi connectivity index (χ3v) is 8.78. The smallest absolute Gasteiger partial charge is 0.248 e. The Morgan fingerprint density at radius 1 is 1.10 bits per heavy atom. The second kappa shape index (κ2) is 8.50. The van der Waals surface area contributed by atoms with Gasteiger partial charge in [-0.1, -0.05) is 71.9 Å². The van der Waals surface area contributed by atoms with Crippen LogP contribution in [0.4, 0.5) is 0 Å². The number of hydrogen-bond acceptors (Lipinski definition) is 4. The quantitative estimate of drug-likeness (QED) is 0.699. The van der Waals surface area contributed by atoms with E-state index in [2.05, 4.69) is 4.99 Å². The van der Waals surface area contributed by atoms with Crippen molar-refractivity contribution >= 4 is 44.3 Å². The molecule has 2 aromatic rings. The zero-order chi connectivity index (χ0) is 20.4. The molecular weight excluding hydrogens is 428 g/mol. The van der Waals surface area contributed by atoms with E-state index in [4.69, 9.17) is 11.6 Å². The van der Waals surface area contributed by atoms with E-state index in [9.17, 15) is 13.2 Å². The molecule has 2 atom stereocenters. The lowest BCUT2D eigenvalue weighted by atomic mass is 10.1. The summed E-state index contributed by atoms with van der Waals surface area (Å²) in [4.78, 5) is 18.8. The molecule has 2 aliphatic heterocycles. The van der Waals surface area contributed by atoms with Crippen molar-refractivity contribution in [3.05, 3.63) is 70.7 Å². The molecule has 2 aromatic carbocycles. The number of halogens is 1. The first-order valence-corrected chi connectivity index (χ1v) is 12.5. The van der Waals surface area contributed by atoms with Crippen molar-refractivity contribution in [2.45, 2.75) is 30.7 Å². The molecule has 0 saturated carbocycles. The molecule has 29 heavy (non-hydrogen) atoms. The molecular formula is C21H21ClN2O3S2. The summed E-state index contributed by atoms with van der Waals surface area (Å²) in [5.41, 5.74) is 1.99. The van der Waals surface area contributed by atoms with E-state index in [1.807, 2.05) is 59.5 Å². The van der Waals surface area contributed by atoms with E-state index < -0.39 is 9.84 Å². The maximum atomic E-state index is 12.5. The molecule has 0 aliphatic carbocycles. The SMILES string of the molecule is O=C(CCc1ccccc1)N=C1S[C@@H]2CS(=O)(=O)C[C@@H]2N1Cc1ccccc1Cl. The average molecular weight is 449 g/mol. The highest BCUT2D eigenvalue weighted by Gasteiger charge is 2.48. The Kier molecular flexibility index (Phi) is 5.99. The van der Waals surface area contributed by atoms with Crippen molar-refractivity contribution in [3.63, 3.8) is 0 Å². The van der Waals surface area contributed by atoms with Crippen molar-refractivity contribution < 1.29 is 13.2 Å². The summed E-state index contributed by atoms with van der Waals surface area (Å²) >= 11 is 7.71. The first-order chi connectivity index (χ1) is 13.9. The first kappa shape index (κ1) is 20.4. The molecule has 0 spiro atoms. The fourth-order valence-corrected chi connectivity index (χ4v) is 7.85. The van der Waals surface area contributed by atoms with E-state index in [1.165, 1.54) is 11.8 Å². The van der Waals surface area contributed by atoms with Gasteiger partial charge in [-0.3, -0.25) is 4.79 Å². The molecule has 8 heteroatoms. The van der Waals surface area contributed by atoms with E-state index in [0.717, 1.165) is 11.1 Å². The van der Waals surface area contributed by atoms with E-state index in [-0.39, 0.29) is 28.7 Å². The van der Waals surface area contributed by atoms with Gasteiger partial charge in [-0.15, -0.1) is 0 Å². The lowest BCUT2D eigenvalue weighted by molar-refractivity contribution is -0.117. The van der Waals surface area contributed by atoms with Crippen LogP contribution in [-0.2, 0) is 27.6 Å². The van der Waals surface area contributed by atoms with Gasteiger partial charge < -0.3 is 4.90 Å². The van der Waals surface area contributed by atoms with Crippen LogP contribution in [0.5, 0.6) is 0 Å². The number of nitrogens with zero attached hydrogens (tertiary/aromatic N) is 2. The summed E-state index contributed by atoms with van der Waals surface area (Å²) in [5, 5.41) is 1.13. The van der Waals surface area contributed by atoms with Crippen LogP contribution in [0.3, 0.4) is 0 Å². The third-order valence-electron chi connectivity index (χ3n) is 5.16. The van der Waals surface area contributed by atoms with Crippen LogP contribution >= 0.6 is 23.4 Å². The Labute approximate surface area is 180 Å². The molecule has 2 heterocycles. The van der Waals surface area contributed by atoms with E-state index >= 15 is 0 Å². The van der Waals surface area contributed by atoms with Gasteiger partial charge in [0.15, 0.2) is 15.0 Å². The summed E-state index contributed by atoms with van der Waals surface area (Å²) in [6.07, 6.45) is 0.953. The normalized spacial score (nSPS) is 24.0. The predicted octanol–water partition coefficient (Wildman–Crippen LogP) is 3.57. The minimum Gasteiger partial charge on any atom is -0.342 e. The summed E-state index contributed by atoms with van der Waals surface area (Å²) in [5.74, 6) is 0.0219. The second-order valence-corrected chi connectivity index (χ2v) is 11.1. The second-order valence-electron chi connectivity index (χ2n) is 7.29. The number of sulfone groups is 1. The number of amides is 1. The fourth-order valence-electron chi connectivity index (χ4n) is 3.69. The van der Waals surface area contributed by atoms with Gasteiger partial charge in [-0.2, -0.15) is 4.99 Å². The van der Waals surface area contributed by atoms with Crippen molar-refractivity contribution in [1.29, 1.82) is 0 Å². The summed E-state index contributed by atoms with van der Waals surface area (Å²) in [7, 11) is -3.07. The number of fused-ring (bicyclic) bond motifs is 1. The zero-order valence-corrected chi connectivity index (χ0v) is 18.1. The molecule has 2 fully saturated rings. The fraction of sp³-hybridized carbons (Fsp3) is 0.333. The topological polar surface area (TPSA) is 66.8 Å². The molecule has 4 rings (SSSR count). The number of rotatable bonds is 5. The minimum absolute atomic E-state index is 0.0896. The highest BCUT2D eigenvalue weighted by Crippen LogP contribution is 2.39. The van der Waals surface area contributed by atoms with Gasteiger partial charge in [0.05, 0.1) is 17.5 Å². The van der Waals surface area contributed by atoms with Crippen molar-refractivity contribution in [1.82, 2.24) is 4.90 Å². The van der Waals surface area contributed by atoms with Crippen LogP contribution in [0.1, 0.15) is 17.5 Å². The minimum atomic E-state index is -3.07. The zero-order valence-electron chi connectivity index (χ0n) is 15.7. The van der Waals surface area contributed by atoms with Crippen molar-refractivity contribution in [2.24, 2.45) is 4.99 Å². The Bertz CT molecular complexity index is 1040. The predicted molar refractivity (Wildman–Crippen MR) is 118 cm³/mol. The summed E-state index contributed by atoms with van der Waals surface area (Å²) < 4.78 is 24.2. The van der Waals surface area contributed by atoms with Crippen LogP contribution in [0, 0.1) is 0 Å². The molecule has 5 nitrogen and oxygen atoms in total. The molecule has 2 saturated heterocycles. The lowest BCUT2D eigenvalue weighted by Gasteiger charge is -2.25. The number of thioether (sulfide) groups is 1. The van der Waals surface area contributed by atoms with E-state index in [0.29, 0.717) is 29.6 Å². The number of aryl methyl sites for hydroxylation is 1. The highest BCUT2D eigenvalue weighted by molar-refractivity contribution is 8.15. The van der Waals surface area contributed by atoms with Crippen LogP contribution in [0.25, 0.3) is 0 Å². The first-order valence-electron chi connectivity index (χ1n) is 9.44. The highest BCUT2D eigenvalue weighted by atomic mass is 35.5. The molecule has 0 unspecified atom stereocenters. The number of aliphatic imine (C=N–C) groups is 1. The number of hydrogen-bond donors (Lipinski definition) is 0. The van der Waals surface area contributed by atoms with Crippen molar-refractivity contribution in [3.8, 4) is 0 Å². The van der Waals surface area contributed by atoms with Gasteiger partial charge in [0.1, 0.15) is 0 Å². The number of amidine groups is 1. The largest absolute Gasteiger partial charge is 0.342 e. The Morgan fingerprint density at radius 3 is 2.59 bits per heavy atom. The molecule has 0 N–H and O–H groups in total. The lowest BCUT2D eigenvalue weighted by Crippen LogP contribution is -2.37. The maximum Gasteiger partial charge on any atom is 0.248 e. The third kappa shape index (κ3) is 4.85. The van der Waals surface area contributed by atoms with Gasteiger partial charge in [0, 0.05) is 23.2 Å². The monoisotopic (exact) mass is 448 g/mol. The van der Waals surface area contributed by atoms with Gasteiger partial charge in [0.25, 0.3) is 0 Å². The summed E-state index contributed by atoms with van der Waals surface area (Å²) in [6, 6.07) is 17.1. The number of carbonyl (C=O) groups excluding carboxylic acids is 1.